The minimum Gasteiger partial charge on any atom is -0.330 e. The lowest BCUT2D eigenvalue weighted by Gasteiger charge is -2.29. The van der Waals surface area contributed by atoms with Gasteiger partial charge in [0.2, 0.25) is 5.91 Å². The van der Waals surface area contributed by atoms with Crippen LogP contribution in [0.1, 0.15) is 29.2 Å². The number of carbonyl (C=O) groups excluding carboxylic acids is 1. The Hall–Kier alpha value is -1.61. The van der Waals surface area contributed by atoms with Gasteiger partial charge in [0.05, 0.1) is 6.04 Å². The molecule has 2 unspecified atom stereocenters. The van der Waals surface area contributed by atoms with Crippen molar-refractivity contribution < 1.29 is 4.79 Å². The predicted octanol–water partition coefficient (Wildman–Crippen LogP) is 4.08. The molecule has 1 amide bonds. The lowest BCUT2D eigenvalue weighted by atomic mass is 9.96. The minimum atomic E-state index is 0.00171. The molecule has 3 rings (SSSR count). The fourth-order valence-corrected chi connectivity index (χ4v) is 3.46. The molecular weight excluding hydrogens is 326 g/mol. The van der Waals surface area contributed by atoms with Crippen LogP contribution in [0.15, 0.2) is 54.6 Å². The van der Waals surface area contributed by atoms with E-state index in [1.807, 2.05) is 23.1 Å². The first kappa shape index (κ1) is 14.3. The second kappa shape index (κ2) is 6.02. The number of halogens is 1. The van der Waals surface area contributed by atoms with Crippen LogP contribution in [-0.4, -0.2) is 22.2 Å². The highest BCUT2D eigenvalue weighted by molar-refractivity contribution is 9.09. The average molecular weight is 344 g/mol. The van der Waals surface area contributed by atoms with Gasteiger partial charge in [0.25, 0.3) is 0 Å². The second-order valence-corrected chi connectivity index (χ2v) is 6.87. The third-order valence-electron chi connectivity index (χ3n) is 3.93. The fraction of sp³-hybridized carbons (Fsp3) is 0.278. The first-order chi connectivity index (χ1) is 10.1. The molecule has 0 spiro atoms. The first-order valence-electron chi connectivity index (χ1n) is 7.20. The molecule has 1 aliphatic heterocycles. The topological polar surface area (TPSA) is 20.3 Å². The molecule has 1 heterocycles. The van der Waals surface area contributed by atoms with E-state index in [-0.39, 0.29) is 16.8 Å². The lowest BCUT2D eigenvalue weighted by Crippen LogP contribution is -2.31. The van der Waals surface area contributed by atoms with Crippen LogP contribution < -0.4 is 0 Å². The Kier molecular flexibility index (Phi) is 4.11. The van der Waals surface area contributed by atoms with Gasteiger partial charge >= 0.3 is 0 Å². The molecule has 21 heavy (non-hydrogen) atoms. The molecule has 3 heteroatoms. The smallest absolute Gasteiger partial charge is 0.224 e. The maximum absolute atomic E-state index is 12.3. The van der Waals surface area contributed by atoms with Crippen LogP contribution in [0.2, 0.25) is 0 Å². The quantitative estimate of drug-likeness (QED) is 0.769. The van der Waals surface area contributed by atoms with Crippen LogP contribution in [0.4, 0.5) is 0 Å². The molecule has 2 nitrogen and oxygen atoms in total. The Balaban J connectivity index is 2.03. The summed E-state index contributed by atoms with van der Waals surface area (Å²) in [5.74, 6) is 0.214. The van der Waals surface area contributed by atoms with E-state index in [2.05, 4.69) is 59.3 Å². The number of alkyl halides is 1. The van der Waals surface area contributed by atoms with E-state index in [0.717, 1.165) is 12.1 Å². The van der Waals surface area contributed by atoms with E-state index in [0.29, 0.717) is 6.42 Å². The maximum Gasteiger partial charge on any atom is 0.224 e. The molecule has 1 aliphatic rings. The number of carbonyl (C=O) groups is 1. The predicted molar refractivity (Wildman–Crippen MR) is 88.5 cm³/mol. The van der Waals surface area contributed by atoms with Crippen LogP contribution in [0, 0.1) is 6.92 Å². The molecular formula is C18H18BrNO. The Morgan fingerprint density at radius 3 is 2.24 bits per heavy atom. The van der Waals surface area contributed by atoms with Crippen molar-refractivity contribution >= 4 is 21.8 Å². The van der Waals surface area contributed by atoms with Gasteiger partial charge < -0.3 is 4.90 Å². The molecule has 2 atom stereocenters. The molecule has 108 valence electrons. The molecule has 0 aliphatic carbocycles. The number of rotatable bonds is 3. The Morgan fingerprint density at radius 1 is 1.05 bits per heavy atom. The zero-order valence-electron chi connectivity index (χ0n) is 12.0. The third kappa shape index (κ3) is 3.03. The summed E-state index contributed by atoms with van der Waals surface area (Å²) in [6, 6.07) is 18.7. The normalized spacial score (nSPS) is 19.8. The summed E-state index contributed by atoms with van der Waals surface area (Å²) in [5.41, 5.74) is 3.56. The number of nitrogens with zero attached hydrogens (tertiary/aromatic N) is 1. The number of benzene rings is 2. The highest BCUT2D eigenvalue weighted by Crippen LogP contribution is 2.33. The average Bonchev–Trinajstić information content (AvgIpc) is 2.81. The molecule has 0 N–H and O–H groups in total. The van der Waals surface area contributed by atoms with E-state index in [1.165, 1.54) is 11.1 Å². The molecule has 2 aromatic rings. The molecule has 0 radical (unpaired) electrons. The van der Waals surface area contributed by atoms with Crippen molar-refractivity contribution in [2.45, 2.75) is 24.2 Å². The number of aryl methyl sites for hydroxylation is 1. The summed E-state index contributed by atoms with van der Waals surface area (Å²) in [4.78, 5) is 14.6. The summed E-state index contributed by atoms with van der Waals surface area (Å²) >= 11 is 3.58. The largest absolute Gasteiger partial charge is 0.330 e. The zero-order valence-corrected chi connectivity index (χ0v) is 13.6. The van der Waals surface area contributed by atoms with Crippen molar-refractivity contribution in [3.8, 4) is 0 Å². The number of hydrogen-bond acceptors (Lipinski definition) is 1. The summed E-state index contributed by atoms with van der Waals surface area (Å²) in [5, 5.41) is 0. The van der Waals surface area contributed by atoms with Gasteiger partial charge in [0.1, 0.15) is 0 Å². The van der Waals surface area contributed by atoms with E-state index < -0.39 is 0 Å². The van der Waals surface area contributed by atoms with Gasteiger partial charge in [-0.1, -0.05) is 76.1 Å². The Bertz CT molecular complexity index is 623. The Labute approximate surface area is 133 Å². The Morgan fingerprint density at radius 2 is 1.67 bits per heavy atom. The SMILES string of the molecule is Cc1ccc(C(c2ccccc2)N2CC(Br)CC2=O)cc1. The van der Waals surface area contributed by atoms with Crippen LogP contribution in [0.3, 0.4) is 0 Å². The van der Waals surface area contributed by atoms with Crippen molar-refractivity contribution in [2.75, 3.05) is 6.54 Å². The summed E-state index contributed by atoms with van der Waals surface area (Å²) in [6.07, 6.45) is 0.579. The third-order valence-corrected chi connectivity index (χ3v) is 4.54. The zero-order chi connectivity index (χ0) is 14.8. The van der Waals surface area contributed by atoms with Crippen LogP contribution in [0.25, 0.3) is 0 Å². The van der Waals surface area contributed by atoms with Gasteiger partial charge in [-0.25, -0.2) is 0 Å². The van der Waals surface area contributed by atoms with Gasteiger partial charge in [-0.3, -0.25) is 4.79 Å². The van der Waals surface area contributed by atoms with Gasteiger partial charge in [-0.2, -0.15) is 0 Å². The number of amides is 1. The van der Waals surface area contributed by atoms with Crippen LogP contribution in [-0.2, 0) is 4.79 Å². The summed E-state index contributed by atoms with van der Waals surface area (Å²) < 4.78 is 0. The first-order valence-corrected chi connectivity index (χ1v) is 8.12. The standard InChI is InChI=1S/C18H18BrNO/c1-13-7-9-15(10-8-13)18(14-5-3-2-4-6-14)20-12-16(19)11-17(20)21/h2-10,16,18H,11-12H2,1H3. The fourth-order valence-electron chi connectivity index (χ4n) is 2.87. The van der Waals surface area contributed by atoms with E-state index in [1.54, 1.807) is 0 Å². The monoisotopic (exact) mass is 343 g/mol. The lowest BCUT2D eigenvalue weighted by molar-refractivity contribution is -0.129. The molecule has 1 saturated heterocycles. The van der Waals surface area contributed by atoms with Gasteiger partial charge in [-0.15, -0.1) is 0 Å². The molecule has 0 saturated carbocycles. The van der Waals surface area contributed by atoms with E-state index in [4.69, 9.17) is 0 Å². The minimum absolute atomic E-state index is 0.00171. The van der Waals surface area contributed by atoms with E-state index >= 15 is 0 Å². The molecule has 0 aromatic heterocycles. The number of hydrogen-bond donors (Lipinski definition) is 0. The number of likely N-dealkylation sites (tertiary alicyclic amines) is 1. The van der Waals surface area contributed by atoms with Crippen LogP contribution >= 0.6 is 15.9 Å². The summed E-state index contributed by atoms with van der Waals surface area (Å²) in [6.45, 7) is 2.84. The van der Waals surface area contributed by atoms with Gasteiger partial charge in [0.15, 0.2) is 0 Å². The van der Waals surface area contributed by atoms with Crippen molar-refractivity contribution in [3.05, 3.63) is 71.3 Å². The summed E-state index contributed by atoms with van der Waals surface area (Å²) in [7, 11) is 0. The van der Waals surface area contributed by atoms with Crippen molar-refractivity contribution in [3.63, 3.8) is 0 Å². The van der Waals surface area contributed by atoms with Crippen molar-refractivity contribution in [1.29, 1.82) is 0 Å². The highest BCUT2D eigenvalue weighted by atomic mass is 79.9. The van der Waals surface area contributed by atoms with Crippen LogP contribution in [0.5, 0.6) is 0 Å². The van der Waals surface area contributed by atoms with E-state index in [9.17, 15) is 4.79 Å². The van der Waals surface area contributed by atoms with Gasteiger partial charge in [0, 0.05) is 17.8 Å². The van der Waals surface area contributed by atoms with Crippen molar-refractivity contribution in [1.82, 2.24) is 4.90 Å². The molecule has 1 fully saturated rings. The molecule has 2 aromatic carbocycles. The maximum atomic E-state index is 12.3. The van der Waals surface area contributed by atoms with Crippen molar-refractivity contribution in [2.24, 2.45) is 0 Å². The highest BCUT2D eigenvalue weighted by Gasteiger charge is 2.34. The second-order valence-electron chi connectivity index (χ2n) is 5.57. The van der Waals surface area contributed by atoms with Gasteiger partial charge in [-0.05, 0) is 18.1 Å². The molecule has 0 bridgehead atoms.